The summed E-state index contributed by atoms with van der Waals surface area (Å²) in [6.45, 7) is 4.61. The molecule has 0 unspecified atom stereocenters. The van der Waals surface area contributed by atoms with Crippen molar-refractivity contribution in [3.8, 4) is 17.6 Å². The Morgan fingerprint density at radius 2 is 1.94 bits per heavy atom. The zero-order valence-electron chi connectivity index (χ0n) is 11.4. The lowest BCUT2D eigenvalue weighted by Gasteiger charge is -2.14. The van der Waals surface area contributed by atoms with Crippen LogP contribution in [0.15, 0.2) is 24.3 Å². The number of ether oxygens (including phenoxy) is 2. The van der Waals surface area contributed by atoms with Gasteiger partial charge in [-0.1, -0.05) is 6.07 Å². The molecule has 0 bridgehead atoms. The van der Waals surface area contributed by atoms with Crippen LogP contribution in [0.4, 0.5) is 0 Å². The Bertz CT molecular complexity index is 407. The average Bonchev–Trinajstić information content (AvgIpc) is 2.38. The van der Waals surface area contributed by atoms with Crippen molar-refractivity contribution in [1.29, 1.82) is 5.26 Å². The molecule has 0 spiro atoms. The lowest BCUT2D eigenvalue weighted by molar-refractivity contribution is 0.293. The van der Waals surface area contributed by atoms with Gasteiger partial charge in [0.15, 0.2) is 0 Å². The number of hydrogen-bond donors (Lipinski definition) is 0. The van der Waals surface area contributed by atoms with Gasteiger partial charge in [0.1, 0.15) is 11.5 Å². The van der Waals surface area contributed by atoms with Crippen LogP contribution in [0.25, 0.3) is 0 Å². The third-order valence-electron chi connectivity index (χ3n) is 2.81. The molecule has 0 N–H and O–H groups in total. The minimum absolute atomic E-state index is 0.226. The fourth-order valence-electron chi connectivity index (χ4n) is 1.61. The van der Waals surface area contributed by atoms with Crippen molar-refractivity contribution in [1.82, 2.24) is 0 Å². The van der Waals surface area contributed by atoms with Crippen LogP contribution >= 0.6 is 0 Å². The second kappa shape index (κ2) is 6.90. The number of hydrogen-bond acceptors (Lipinski definition) is 3. The molecule has 3 heteroatoms. The molecule has 18 heavy (non-hydrogen) atoms. The molecule has 0 aliphatic heterocycles. The molecule has 0 saturated carbocycles. The van der Waals surface area contributed by atoms with Crippen molar-refractivity contribution in [2.24, 2.45) is 5.41 Å². The average molecular weight is 247 g/mol. The summed E-state index contributed by atoms with van der Waals surface area (Å²) < 4.78 is 10.8. The molecular formula is C15H21NO2. The topological polar surface area (TPSA) is 42.2 Å². The van der Waals surface area contributed by atoms with E-state index in [4.69, 9.17) is 14.7 Å². The summed E-state index contributed by atoms with van der Waals surface area (Å²) in [6.07, 6.45) is 2.87. The van der Waals surface area contributed by atoms with Gasteiger partial charge in [0.25, 0.3) is 0 Å². The molecule has 0 aliphatic rings. The molecule has 1 aromatic rings. The van der Waals surface area contributed by atoms with Crippen molar-refractivity contribution in [3.05, 3.63) is 24.3 Å². The third kappa shape index (κ3) is 5.09. The van der Waals surface area contributed by atoms with Crippen molar-refractivity contribution in [2.45, 2.75) is 33.1 Å². The summed E-state index contributed by atoms with van der Waals surface area (Å²) in [5, 5.41) is 8.89. The fraction of sp³-hybridized carbons (Fsp3) is 0.533. The van der Waals surface area contributed by atoms with Gasteiger partial charge in [0.2, 0.25) is 0 Å². The number of nitriles is 1. The van der Waals surface area contributed by atoms with E-state index in [2.05, 4.69) is 6.07 Å². The molecule has 98 valence electrons. The Labute approximate surface area is 109 Å². The first-order valence-electron chi connectivity index (χ1n) is 6.25. The van der Waals surface area contributed by atoms with Gasteiger partial charge in [-0.25, -0.2) is 0 Å². The van der Waals surface area contributed by atoms with Gasteiger partial charge in [0, 0.05) is 6.07 Å². The maximum Gasteiger partial charge on any atom is 0.122 e. The first-order chi connectivity index (χ1) is 8.57. The first-order valence-corrected chi connectivity index (χ1v) is 6.25. The van der Waals surface area contributed by atoms with E-state index in [-0.39, 0.29) is 5.41 Å². The van der Waals surface area contributed by atoms with Crippen LogP contribution in [0.2, 0.25) is 0 Å². The minimum atomic E-state index is -0.226. The van der Waals surface area contributed by atoms with Gasteiger partial charge in [-0.3, -0.25) is 0 Å². The van der Waals surface area contributed by atoms with Crippen LogP contribution in [0.1, 0.15) is 33.1 Å². The maximum absolute atomic E-state index is 8.89. The summed E-state index contributed by atoms with van der Waals surface area (Å²) in [7, 11) is 1.64. The highest BCUT2D eigenvalue weighted by Crippen LogP contribution is 2.22. The highest BCUT2D eigenvalue weighted by molar-refractivity contribution is 5.32. The van der Waals surface area contributed by atoms with Gasteiger partial charge in [-0.15, -0.1) is 0 Å². The van der Waals surface area contributed by atoms with Crippen LogP contribution < -0.4 is 9.47 Å². The van der Waals surface area contributed by atoms with E-state index in [1.54, 1.807) is 7.11 Å². The molecule has 0 radical (unpaired) electrons. The Morgan fingerprint density at radius 3 is 2.61 bits per heavy atom. The molecule has 1 rings (SSSR count). The van der Waals surface area contributed by atoms with E-state index in [0.717, 1.165) is 30.8 Å². The van der Waals surface area contributed by atoms with Crippen LogP contribution in [0.3, 0.4) is 0 Å². The lowest BCUT2D eigenvalue weighted by Crippen LogP contribution is -2.08. The van der Waals surface area contributed by atoms with Gasteiger partial charge < -0.3 is 9.47 Å². The van der Waals surface area contributed by atoms with Crippen LogP contribution in [0.5, 0.6) is 11.5 Å². The van der Waals surface area contributed by atoms with Crippen molar-refractivity contribution in [2.75, 3.05) is 13.7 Å². The summed E-state index contributed by atoms with van der Waals surface area (Å²) in [6, 6.07) is 9.90. The first kappa shape index (κ1) is 14.4. The fourth-order valence-corrected chi connectivity index (χ4v) is 1.61. The number of unbranched alkanes of at least 4 members (excludes halogenated alkanes) is 1. The molecule has 0 heterocycles. The van der Waals surface area contributed by atoms with Gasteiger partial charge in [-0.05, 0) is 45.2 Å². The molecule has 0 aliphatic carbocycles. The van der Waals surface area contributed by atoms with Crippen molar-refractivity contribution >= 4 is 0 Å². The molecule has 0 saturated heterocycles. The van der Waals surface area contributed by atoms with Gasteiger partial charge >= 0.3 is 0 Å². The second-order valence-corrected chi connectivity index (χ2v) is 4.98. The molecular weight excluding hydrogens is 226 g/mol. The van der Waals surface area contributed by atoms with E-state index < -0.39 is 0 Å². The Hall–Kier alpha value is -1.69. The van der Waals surface area contributed by atoms with E-state index in [9.17, 15) is 0 Å². The second-order valence-electron chi connectivity index (χ2n) is 4.98. The van der Waals surface area contributed by atoms with Crippen molar-refractivity contribution in [3.63, 3.8) is 0 Å². The summed E-state index contributed by atoms with van der Waals surface area (Å²) in [5.74, 6) is 1.63. The molecule has 3 nitrogen and oxygen atoms in total. The van der Waals surface area contributed by atoms with Gasteiger partial charge in [0.05, 0.1) is 25.2 Å². The molecule has 0 fully saturated rings. The molecule has 0 aromatic heterocycles. The maximum atomic E-state index is 8.89. The van der Waals surface area contributed by atoms with E-state index in [1.807, 2.05) is 38.1 Å². The Morgan fingerprint density at radius 1 is 1.22 bits per heavy atom. The highest BCUT2D eigenvalue weighted by atomic mass is 16.5. The van der Waals surface area contributed by atoms with Crippen molar-refractivity contribution < 1.29 is 9.47 Å². The number of methoxy groups -OCH3 is 1. The number of nitrogens with zero attached hydrogens (tertiary/aromatic N) is 1. The standard InChI is InChI=1S/C15H21NO2/c1-15(2,12-16)9-4-5-10-18-14-8-6-7-13(11-14)17-3/h6-8,11H,4-5,9-10H2,1-3H3. The van der Waals surface area contributed by atoms with E-state index >= 15 is 0 Å². The van der Waals surface area contributed by atoms with Crippen LogP contribution in [-0.2, 0) is 0 Å². The predicted octanol–water partition coefficient (Wildman–Crippen LogP) is 3.79. The van der Waals surface area contributed by atoms with Crippen LogP contribution in [0, 0.1) is 16.7 Å². The Kier molecular flexibility index (Phi) is 5.51. The molecule has 0 amide bonds. The predicted molar refractivity (Wildman–Crippen MR) is 71.7 cm³/mol. The van der Waals surface area contributed by atoms with E-state index in [0.29, 0.717) is 6.61 Å². The lowest BCUT2D eigenvalue weighted by atomic mass is 9.89. The zero-order valence-corrected chi connectivity index (χ0v) is 11.4. The minimum Gasteiger partial charge on any atom is -0.497 e. The Balaban J connectivity index is 2.24. The number of rotatable bonds is 7. The van der Waals surface area contributed by atoms with Crippen LogP contribution in [-0.4, -0.2) is 13.7 Å². The summed E-state index contributed by atoms with van der Waals surface area (Å²) in [4.78, 5) is 0. The summed E-state index contributed by atoms with van der Waals surface area (Å²) in [5.41, 5.74) is -0.226. The smallest absolute Gasteiger partial charge is 0.122 e. The van der Waals surface area contributed by atoms with E-state index in [1.165, 1.54) is 0 Å². The molecule has 1 aromatic carbocycles. The summed E-state index contributed by atoms with van der Waals surface area (Å²) >= 11 is 0. The SMILES string of the molecule is COc1cccc(OCCCCC(C)(C)C#N)c1. The monoisotopic (exact) mass is 247 g/mol. The molecule has 0 atom stereocenters. The highest BCUT2D eigenvalue weighted by Gasteiger charge is 2.15. The largest absolute Gasteiger partial charge is 0.497 e. The normalized spacial score (nSPS) is 10.8. The quantitative estimate of drug-likeness (QED) is 0.688. The third-order valence-corrected chi connectivity index (χ3v) is 2.81. The van der Waals surface area contributed by atoms with Gasteiger partial charge in [-0.2, -0.15) is 5.26 Å². The number of benzene rings is 1. The zero-order chi connectivity index (χ0) is 13.4.